The van der Waals surface area contributed by atoms with E-state index < -0.39 is 11.6 Å². The van der Waals surface area contributed by atoms with E-state index in [0.29, 0.717) is 51.6 Å². The summed E-state index contributed by atoms with van der Waals surface area (Å²) in [6.07, 6.45) is 3.51. The number of halogens is 3. The van der Waals surface area contributed by atoms with Crippen molar-refractivity contribution >= 4 is 39.5 Å². The van der Waals surface area contributed by atoms with Crippen LogP contribution in [0, 0.1) is 11.6 Å². The molecule has 5 rings (SSSR count). The maximum Gasteiger partial charge on any atom is 0.162 e. The molecule has 31 heavy (non-hydrogen) atoms. The average Bonchev–Trinajstić information content (AvgIpc) is 3.25. The molecule has 0 saturated heterocycles. The molecule has 0 radical (unpaired) electrons. The minimum Gasteiger partial charge on any atom is -0.368 e. The van der Waals surface area contributed by atoms with Gasteiger partial charge in [-0.3, -0.25) is 0 Å². The summed E-state index contributed by atoms with van der Waals surface area (Å²) in [5, 5.41) is 4.24. The van der Waals surface area contributed by atoms with Crippen LogP contribution < -0.4 is 5.32 Å². The summed E-state index contributed by atoms with van der Waals surface area (Å²) < 4.78 is 28.3. The van der Waals surface area contributed by atoms with Crippen molar-refractivity contribution in [1.29, 1.82) is 0 Å². The average molecular weight is 437 g/mol. The molecule has 5 aromatic rings. The molecule has 3 aromatic heterocycles. The van der Waals surface area contributed by atoms with Gasteiger partial charge < -0.3 is 10.3 Å². The number of nitrogens with zero attached hydrogens (tertiary/aromatic N) is 4. The van der Waals surface area contributed by atoms with Crippen molar-refractivity contribution in [2.24, 2.45) is 0 Å². The first-order valence-electron chi connectivity index (χ1n) is 9.51. The van der Waals surface area contributed by atoms with Crippen LogP contribution in [0.1, 0.15) is 5.56 Å². The summed E-state index contributed by atoms with van der Waals surface area (Å²) in [5.41, 5.74) is 3.13. The summed E-state index contributed by atoms with van der Waals surface area (Å²) in [6.45, 7) is 0.488. The quantitative estimate of drug-likeness (QED) is 0.398. The van der Waals surface area contributed by atoms with E-state index in [1.807, 2.05) is 6.07 Å². The Hall–Kier alpha value is -3.65. The number of benzene rings is 2. The monoisotopic (exact) mass is 436 g/mol. The molecule has 154 valence electrons. The molecule has 3 heterocycles. The van der Waals surface area contributed by atoms with Gasteiger partial charge in [0.15, 0.2) is 11.5 Å². The zero-order valence-electron chi connectivity index (χ0n) is 16.0. The molecule has 6 nitrogen and oxygen atoms in total. The standard InChI is InChI=1S/C22H15ClF2N6/c23-16-5-4-14(24)9-15(16)18-13(8-12-2-1-3-17(25)19(12)31-18)6-7-26-21-20-22(28-10-27-20)30-11-29-21/h1-5,8-11H,6-7H2,(H2,26,27,28,29,30). The van der Waals surface area contributed by atoms with Crippen molar-refractivity contribution in [3.05, 3.63) is 77.3 Å². The van der Waals surface area contributed by atoms with Gasteiger partial charge in [-0.2, -0.15) is 0 Å². The first-order chi connectivity index (χ1) is 15.1. The van der Waals surface area contributed by atoms with Crippen LogP contribution in [-0.4, -0.2) is 31.5 Å². The van der Waals surface area contributed by atoms with E-state index in [1.54, 1.807) is 18.5 Å². The van der Waals surface area contributed by atoms with E-state index in [0.717, 1.165) is 5.56 Å². The largest absolute Gasteiger partial charge is 0.368 e. The maximum atomic E-state index is 14.4. The zero-order valence-corrected chi connectivity index (χ0v) is 16.8. The molecule has 0 fully saturated rings. The number of para-hydroxylation sites is 1. The molecule has 9 heteroatoms. The fraction of sp³-hybridized carbons (Fsp3) is 0.0909. The molecule has 0 atom stereocenters. The molecule has 0 aliphatic rings. The summed E-state index contributed by atoms with van der Waals surface area (Å²) in [6, 6.07) is 10.7. The third-order valence-corrected chi connectivity index (χ3v) is 5.29. The molecule has 0 bridgehead atoms. The number of fused-ring (bicyclic) bond motifs is 2. The number of rotatable bonds is 5. The van der Waals surface area contributed by atoms with E-state index >= 15 is 0 Å². The normalized spacial score (nSPS) is 11.3. The van der Waals surface area contributed by atoms with Crippen molar-refractivity contribution in [3.63, 3.8) is 0 Å². The van der Waals surface area contributed by atoms with Crippen LogP contribution in [0.25, 0.3) is 33.3 Å². The highest BCUT2D eigenvalue weighted by atomic mass is 35.5. The fourth-order valence-electron chi connectivity index (χ4n) is 3.52. The highest BCUT2D eigenvalue weighted by Crippen LogP contribution is 2.32. The summed E-state index contributed by atoms with van der Waals surface area (Å²) >= 11 is 6.33. The van der Waals surface area contributed by atoms with Gasteiger partial charge in [0.2, 0.25) is 0 Å². The molecule has 0 aliphatic carbocycles. The fourth-order valence-corrected chi connectivity index (χ4v) is 3.73. The van der Waals surface area contributed by atoms with Gasteiger partial charge in [0.25, 0.3) is 0 Å². The number of imidazole rings is 1. The summed E-state index contributed by atoms with van der Waals surface area (Å²) in [4.78, 5) is 20.0. The lowest BCUT2D eigenvalue weighted by molar-refractivity contribution is 0.628. The van der Waals surface area contributed by atoms with Crippen LogP contribution in [0.5, 0.6) is 0 Å². The maximum absolute atomic E-state index is 14.4. The number of anilines is 1. The summed E-state index contributed by atoms with van der Waals surface area (Å²) in [5.74, 6) is -0.296. The number of hydrogen-bond donors (Lipinski definition) is 2. The molecular weight excluding hydrogens is 422 g/mol. The number of aromatic amines is 1. The highest BCUT2D eigenvalue weighted by Gasteiger charge is 2.15. The van der Waals surface area contributed by atoms with Gasteiger partial charge >= 0.3 is 0 Å². The molecule has 0 unspecified atom stereocenters. The van der Waals surface area contributed by atoms with E-state index in [1.165, 1.54) is 30.6 Å². The van der Waals surface area contributed by atoms with Crippen LogP contribution in [-0.2, 0) is 6.42 Å². The van der Waals surface area contributed by atoms with Gasteiger partial charge in [-0.15, -0.1) is 0 Å². The highest BCUT2D eigenvalue weighted by molar-refractivity contribution is 6.33. The van der Waals surface area contributed by atoms with E-state index in [2.05, 4.69) is 30.2 Å². The lowest BCUT2D eigenvalue weighted by atomic mass is 10.0. The number of pyridine rings is 1. The molecule has 0 aliphatic heterocycles. The third kappa shape index (κ3) is 3.66. The van der Waals surface area contributed by atoms with Crippen LogP contribution in [0.2, 0.25) is 5.02 Å². The Morgan fingerprint density at radius 1 is 1.00 bits per heavy atom. The topological polar surface area (TPSA) is 79.4 Å². The Morgan fingerprint density at radius 3 is 2.81 bits per heavy atom. The van der Waals surface area contributed by atoms with E-state index in [4.69, 9.17) is 11.6 Å². The summed E-state index contributed by atoms with van der Waals surface area (Å²) in [7, 11) is 0. The lowest BCUT2D eigenvalue weighted by Gasteiger charge is -2.13. The van der Waals surface area contributed by atoms with Crippen molar-refractivity contribution in [3.8, 4) is 11.3 Å². The first-order valence-corrected chi connectivity index (χ1v) is 9.89. The Bertz CT molecular complexity index is 1420. The van der Waals surface area contributed by atoms with Crippen LogP contribution in [0.3, 0.4) is 0 Å². The molecule has 0 spiro atoms. The SMILES string of the molecule is Fc1ccc(Cl)c(-c2nc3c(F)cccc3cc2CCNc2ncnc3[nH]cnc23)c1. The van der Waals surface area contributed by atoms with Crippen molar-refractivity contribution in [2.45, 2.75) is 6.42 Å². The van der Waals surface area contributed by atoms with Gasteiger partial charge in [-0.05, 0) is 42.3 Å². The Morgan fingerprint density at radius 2 is 1.90 bits per heavy atom. The minimum absolute atomic E-state index is 0.212. The second-order valence-corrected chi connectivity index (χ2v) is 7.34. The number of nitrogens with one attached hydrogen (secondary N) is 2. The predicted molar refractivity (Wildman–Crippen MR) is 116 cm³/mol. The second-order valence-electron chi connectivity index (χ2n) is 6.93. The molecular formula is C22H15ClF2N6. The van der Waals surface area contributed by atoms with E-state index in [-0.39, 0.29) is 5.52 Å². The Labute approximate surface area is 180 Å². The smallest absolute Gasteiger partial charge is 0.162 e. The second kappa shape index (κ2) is 7.88. The zero-order chi connectivity index (χ0) is 21.4. The molecule has 2 N–H and O–H groups in total. The van der Waals surface area contributed by atoms with Crippen LogP contribution >= 0.6 is 11.6 Å². The van der Waals surface area contributed by atoms with Crippen molar-refractivity contribution < 1.29 is 8.78 Å². The molecule has 0 amide bonds. The number of H-pyrrole nitrogens is 1. The first kappa shape index (κ1) is 19.3. The Kier molecular flexibility index (Phi) is 4.91. The predicted octanol–water partition coefficient (Wildman–Crippen LogP) is 5.15. The van der Waals surface area contributed by atoms with Gasteiger partial charge in [0.1, 0.15) is 29.0 Å². The minimum atomic E-state index is -0.446. The van der Waals surface area contributed by atoms with Crippen molar-refractivity contribution in [1.82, 2.24) is 24.9 Å². The van der Waals surface area contributed by atoms with Crippen molar-refractivity contribution in [2.75, 3.05) is 11.9 Å². The van der Waals surface area contributed by atoms with Crippen LogP contribution in [0.4, 0.5) is 14.6 Å². The van der Waals surface area contributed by atoms with Crippen LogP contribution in [0.15, 0.2) is 55.1 Å². The van der Waals surface area contributed by atoms with Gasteiger partial charge in [0.05, 0.1) is 17.0 Å². The molecule has 2 aromatic carbocycles. The Balaban J connectivity index is 1.53. The number of hydrogen-bond acceptors (Lipinski definition) is 5. The number of aromatic nitrogens is 5. The lowest BCUT2D eigenvalue weighted by Crippen LogP contribution is -2.09. The van der Waals surface area contributed by atoms with Gasteiger partial charge in [-0.1, -0.05) is 23.7 Å². The van der Waals surface area contributed by atoms with Gasteiger partial charge in [0, 0.05) is 17.5 Å². The third-order valence-electron chi connectivity index (χ3n) is 4.96. The van der Waals surface area contributed by atoms with E-state index in [9.17, 15) is 8.78 Å². The molecule has 0 saturated carbocycles. The van der Waals surface area contributed by atoms with Gasteiger partial charge in [-0.25, -0.2) is 28.7 Å².